The number of esters is 1. The molecular weight excluding hydrogens is 262 g/mol. The molecule has 6 nitrogen and oxygen atoms in total. The van der Waals surface area contributed by atoms with Crippen molar-refractivity contribution in [3.63, 3.8) is 0 Å². The highest BCUT2D eigenvalue weighted by Gasteiger charge is 2.26. The Morgan fingerprint density at radius 3 is 2.65 bits per heavy atom. The molecule has 1 aliphatic rings. The molecule has 0 bridgehead atoms. The number of benzene rings is 1. The van der Waals surface area contributed by atoms with Gasteiger partial charge in [-0.1, -0.05) is 0 Å². The summed E-state index contributed by atoms with van der Waals surface area (Å²) in [6.07, 6.45) is 0.595. The molecule has 2 atom stereocenters. The molecule has 108 valence electrons. The standard InChI is InChI=1S/C14H17NO5/c1-9(16)20-13-6-11(15-7-13)8-19-12-4-2-10(3-5-12)14(17)18/h2-5,11,13,15H,6-8H2,1H3,(H,17,18)/p-1/t11-,13-/m0/s1. The predicted octanol–water partition coefficient (Wildman–Crippen LogP) is -0.278. The molecule has 6 heteroatoms. The monoisotopic (exact) mass is 278 g/mol. The Hall–Kier alpha value is -2.08. The summed E-state index contributed by atoms with van der Waals surface area (Å²) in [6, 6.07) is 6.16. The van der Waals surface area contributed by atoms with Gasteiger partial charge in [-0.05, 0) is 29.8 Å². The first kappa shape index (κ1) is 14.3. The summed E-state index contributed by atoms with van der Waals surface area (Å²) in [5.74, 6) is -0.901. The van der Waals surface area contributed by atoms with E-state index in [4.69, 9.17) is 9.47 Å². The van der Waals surface area contributed by atoms with Crippen molar-refractivity contribution in [2.45, 2.75) is 25.5 Å². The fraction of sp³-hybridized carbons (Fsp3) is 0.429. The van der Waals surface area contributed by atoms with Crippen LogP contribution in [-0.2, 0) is 9.53 Å². The van der Waals surface area contributed by atoms with E-state index < -0.39 is 5.97 Å². The third kappa shape index (κ3) is 3.96. The second kappa shape index (κ2) is 6.38. The summed E-state index contributed by atoms with van der Waals surface area (Å²) < 4.78 is 10.7. The normalized spacial score (nSPS) is 21.4. The SMILES string of the molecule is CC(=O)O[C@@H]1CN[C@H](COc2ccc(C(=O)[O-])cc2)C1. The summed E-state index contributed by atoms with van der Waals surface area (Å²) in [6.45, 7) is 2.45. The highest BCUT2D eigenvalue weighted by molar-refractivity contribution is 5.85. The van der Waals surface area contributed by atoms with Gasteiger partial charge in [0.05, 0.1) is 5.97 Å². The highest BCUT2D eigenvalue weighted by Crippen LogP contribution is 2.15. The summed E-state index contributed by atoms with van der Waals surface area (Å²) in [7, 11) is 0. The Bertz CT molecular complexity index is 485. The van der Waals surface area contributed by atoms with Gasteiger partial charge in [0, 0.05) is 25.9 Å². The average molecular weight is 278 g/mol. The van der Waals surface area contributed by atoms with E-state index in [0.717, 1.165) is 0 Å². The number of carbonyl (C=O) groups excluding carboxylic acids is 2. The van der Waals surface area contributed by atoms with Crippen molar-refractivity contribution in [1.29, 1.82) is 0 Å². The van der Waals surface area contributed by atoms with Crippen LogP contribution in [0.3, 0.4) is 0 Å². The molecule has 2 rings (SSSR count). The average Bonchev–Trinajstić information content (AvgIpc) is 2.83. The number of hydrogen-bond donors (Lipinski definition) is 1. The van der Waals surface area contributed by atoms with Gasteiger partial charge in [-0.2, -0.15) is 0 Å². The second-order valence-electron chi connectivity index (χ2n) is 4.70. The smallest absolute Gasteiger partial charge is 0.302 e. The van der Waals surface area contributed by atoms with Crippen LogP contribution >= 0.6 is 0 Å². The largest absolute Gasteiger partial charge is 0.545 e. The number of rotatable bonds is 5. The minimum Gasteiger partial charge on any atom is -0.545 e. The van der Waals surface area contributed by atoms with Crippen LogP contribution < -0.4 is 15.2 Å². The van der Waals surface area contributed by atoms with Gasteiger partial charge in [-0.25, -0.2) is 0 Å². The first-order valence-corrected chi connectivity index (χ1v) is 6.39. The van der Waals surface area contributed by atoms with E-state index in [1.165, 1.54) is 19.1 Å². The number of hydrogen-bond acceptors (Lipinski definition) is 6. The number of carboxylic acids is 1. The van der Waals surface area contributed by atoms with Crippen molar-refractivity contribution in [3.8, 4) is 5.75 Å². The van der Waals surface area contributed by atoms with E-state index in [1.807, 2.05) is 0 Å². The summed E-state index contributed by atoms with van der Waals surface area (Å²) in [4.78, 5) is 21.4. The van der Waals surface area contributed by atoms with Gasteiger partial charge >= 0.3 is 5.97 Å². The van der Waals surface area contributed by atoms with Crippen LogP contribution in [0.2, 0.25) is 0 Å². The molecule has 0 spiro atoms. The van der Waals surface area contributed by atoms with E-state index in [-0.39, 0.29) is 23.7 Å². The first-order valence-electron chi connectivity index (χ1n) is 6.39. The summed E-state index contributed by atoms with van der Waals surface area (Å²) >= 11 is 0. The lowest BCUT2D eigenvalue weighted by molar-refractivity contribution is -0.255. The van der Waals surface area contributed by atoms with E-state index in [0.29, 0.717) is 25.3 Å². The van der Waals surface area contributed by atoms with E-state index in [2.05, 4.69) is 5.32 Å². The van der Waals surface area contributed by atoms with Crippen LogP contribution in [0.25, 0.3) is 0 Å². The zero-order valence-corrected chi connectivity index (χ0v) is 11.1. The van der Waals surface area contributed by atoms with E-state index >= 15 is 0 Å². The number of nitrogens with one attached hydrogen (secondary N) is 1. The van der Waals surface area contributed by atoms with E-state index in [9.17, 15) is 14.7 Å². The van der Waals surface area contributed by atoms with Crippen molar-refractivity contribution in [2.24, 2.45) is 0 Å². The number of carboxylic acid groups (broad SMARTS) is 1. The van der Waals surface area contributed by atoms with Gasteiger partial charge < -0.3 is 24.7 Å². The highest BCUT2D eigenvalue weighted by atomic mass is 16.5. The van der Waals surface area contributed by atoms with Gasteiger partial charge in [-0.15, -0.1) is 0 Å². The van der Waals surface area contributed by atoms with Gasteiger partial charge in [0.1, 0.15) is 18.5 Å². The van der Waals surface area contributed by atoms with Gasteiger partial charge in [-0.3, -0.25) is 4.79 Å². The fourth-order valence-electron chi connectivity index (χ4n) is 2.12. The van der Waals surface area contributed by atoms with Gasteiger partial charge in [0.25, 0.3) is 0 Å². The minimum absolute atomic E-state index is 0.110. The topological polar surface area (TPSA) is 87.7 Å². The van der Waals surface area contributed by atoms with Crippen LogP contribution in [0.1, 0.15) is 23.7 Å². The Morgan fingerprint density at radius 2 is 2.05 bits per heavy atom. The molecule has 0 aromatic heterocycles. The van der Waals surface area contributed by atoms with Crippen molar-refractivity contribution >= 4 is 11.9 Å². The number of aromatic carboxylic acids is 1. The zero-order chi connectivity index (χ0) is 14.5. The summed E-state index contributed by atoms with van der Waals surface area (Å²) in [5, 5.41) is 13.8. The third-order valence-corrected chi connectivity index (χ3v) is 3.06. The molecule has 1 aromatic rings. The van der Waals surface area contributed by atoms with Gasteiger partial charge in [0.2, 0.25) is 0 Å². The molecule has 0 radical (unpaired) electrons. The minimum atomic E-state index is -1.21. The lowest BCUT2D eigenvalue weighted by Gasteiger charge is -2.13. The van der Waals surface area contributed by atoms with Gasteiger partial charge in [0.15, 0.2) is 0 Å². The quantitative estimate of drug-likeness (QED) is 0.745. The van der Waals surface area contributed by atoms with Crippen molar-refractivity contribution in [2.75, 3.05) is 13.2 Å². The zero-order valence-electron chi connectivity index (χ0n) is 11.1. The maximum Gasteiger partial charge on any atom is 0.302 e. The molecule has 20 heavy (non-hydrogen) atoms. The molecular formula is C14H16NO5-. The number of ether oxygens (including phenoxy) is 2. The fourth-order valence-corrected chi connectivity index (χ4v) is 2.12. The van der Waals surface area contributed by atoms with Crippen LogP contribution in [0, 0.1) is 0 Å². The molecule has 1 aliphatic heterocycles. The molecule has 0 aliphatic carbocycles. The lowest BCUT2D eigenvalue weighted by Crippen LogP contribution is -2.28. The molecule has 1 heterocycles. The Morgan fingerprint density at radius 1 is 1.35 bits per heavy atom. The first-order chi connectivity index (χ1) is 9.54. The molecule has 1 saturated heterocycles. The van der Waals surface area contributed by atoms with Crippen LogP contribution in [0.15, 0.2) is 24.3 Å². The Labute approximate surface area is 116 Å². The predicted molar refractivity (Wildman–Crippen MR) is 68.2 cm³/mol. The van der Waals surface area contributed by atoms with Crippen LogP contribution in [0.4, 0.5) is 0 Å². The Kier molecular flexibility index (Phi) is 4.57. The maximum absolute atomic E-state index is 10.8. The van der Waals surface area contributed by atoms with Crippen molar-refractivity contribution in [3.05, 3.63) is 29.8 Å². The van der Waals surface area contributed by atoms with Crippen molar-refractivity contribution in [1.82, 2.24) is 5.32 Å². The van der Waals surface area contributed by atoms with E-state index in [1.54, 1.807) is 12.1 Å². The Balaban J connectivity index is 1.78. The molecule has 1 aromatic carbocycles. The van der Waals surface area contributed by atoms with Crippen LogP contribution in [-0.4, -0.2) is 37.2 Å². The molecule has 1 fully saturated rings. The van der Waals surface area contributed by atoms with Crippen molar-refractivity contribution < 1.29 is 24.2 Å². The number of carbonyl (C=O) groups is 2. The summed E-state index contributed by atoms with van der Waals surface area (Å²) in [5.41, 5.74) is 0.117. The molecule has 0 saturated carbocycles. The maximum atomic E-state index is 10.8. The molecule has 0 amide bonds. The molecule has 1 N–H and O–H groups in total. The molecule has 0 unspecified atom stereocenters. The lowest BCUT2D eigenvalue weighted by atomic mass is 10.2. The van der Waals surface area contributed by atoms with Crippen LogP contribution in [0.5, 0.6) is 5.75 Å². The second-order valence-corrected chi connectivity index (χ2v) is 4.70. The third-order valence-electron chi connectivity index (χ3n) is 3.06.